The molecule has 1 aliphatic heterocycles. The number of hydrogen-bond donors (Lipinski definition) is 5. The Bertz CT molecular complexity index is 903. The second-order valence-electron chi connectivity index (χ2n) is 11.2. The van der Waals surface area contributed by atoms with Gasteiger partial charge in [0.15, 0.2) is 0 Å². The van der Waals surface area contributed by atoms with Gasteiger partial charge in [0.1, 0.15) is 29.8 Å². The summed E-state index contributed by atoms with van der Waals surface area (Å²) in [6.07, 6.45) is 4.49. The van der Waals surface area contributed by atoms with Gasteiger partial charge in [-0.15, -0.1) is 0 Å². The predicted molar refractivity (Wildman–Crippen MR) is 158 cm³/mol. The molecule has 0 saturated carbocycles. The third kappa shape index (κ3) is 15.1. The second kappa shape index (κ2) is 21.2. The number of Topliss-reactive ketones (excluding diaryl/α,β-unsaturated/α-hetero) is 1. The quantitative estimate of drug-likeness (QED) is 0.139. The SMILES string of the molecule is CCCCCCC(C[C@H]1O[C@@H](Oc2ccc(CCC(C)=O)cc2)[C@H](O)[C@@H](O)[C@@H]1O)C(=O)O.CCCCCCCC(=O)O. The van der Waals surface area contributed by atoms with E-state index in [-0.39, 0.29) is 12.2 Å². The van der Waals surface area contributed by atoms with E-state index in [1.54, 1.807) is 24.3 Å². The van der Waals surface area contributed by atoms with Crippen molar-refractivity contribution in [2.24, 2.45) is 5.92 Å². The number of rotatable bonds is 19. The van der Waals surface area contributed by atoms with Gasteiger partial charge in [-0.05, 0) is 50.3 Å². The molecular formula is C32H52O10. The van der Waals surface area contributed by atoms with Crippen LogP contribution < -0.4 is 4.74 Å². The maximum absolute atomic E-state index is 11.7. The van der Waals surface area contributed by atoms with Gasteiger partial charge in [0, 0.05) is 12.8 Å². The first kappa shape index (κ1) is 37.5. The summed E-state index contributed by atoms with van der Waals surface area (Å²) in [7, 11) is 0. The highest BCUT2D eigenvalue weighted by Gasteiger charge is 2.46. The summed E-state index contributed by atoms with van der Waals surface area (Å²) in [5, 5.41) is 48.8. The summed E-state index contributed by atoms with van der Waals surface area (Å²) in [5.74, 6) is -1.88. The van der Waals surface area contributed by atoms with Gasteiger partial charge in [0.25, 0.3) is 0 Å². The average molecular weight is 597 g/mol. The van der Waals surface area contributed by atoms with Gasteiger partial charge in [-0.3, -0.25) is 9.59 Å². The molecular weight excluding hydrogens is 544 g/mol. The summed E-state index contributed by atoms with van der Waals surface area (Å²) in [6.45, 7) is 5.76. The van der Waals surface area contributed by atoms with Crippen LogP contribution in [0.3, 0.4) is 0 Å². The molecule has 2 rings (SSSR count). The number of aliphatic carboxylic acids is 2. The number of carbonyl (C=O) groups is 3. The highest BCUT2D eigenvalue weighted by Crippen LogP contribution is 2.29. The van der Waals surface area contributed by atoms with Crippen LogP contribution in [-0.4, -0.2) is 74.0 Å². The summed E-state index contributed by atoms with van der Waals surface area (Å²) in [4.78, 5) is 32.8. The molecule has 0 spiro atoms. The summed E-state index contributed by atoms with van der Waals surface area (Å²) in [5.41, 5.74) is 0.957. The molecule has 240 valence electrons. The van der Waals surface area contributed by atoms with Gasteiger partial charge in [0.05, 0.1) is 12.0 Å². The molecule has 10 heteroatoms. The molecule has 1 saturated heterocycles. The Morgan fingerprint density at radius 1 is 0.810 bits per heavy atom. The third-order valence-electron chi connectivity index (χ3n) is 7.38. The van der Waals surface area contributed by atoms with E-state index in [1.807, 2.05) is 0 Å². The number of carbonyl (C=O) groups excluding carboxylic acids is 1. The topological polar surface area (TPSA) is 171 Å². The zero-order valence-electron chi connectivity index (χ0n) is 25.5. The van der Waals surface area contributed by atoms with Crippen molar-refractivity contribution in [3.8, 4) is 5.75 Å². The van der Waals surface area contributed by atoms with Crippen molar-refractivity contribution in [2.45, 2.75) is 141 Å². The molecule has 1 fully saturated rings. The molecule has 0 aromatic heterocycles. The van der Waals surface area contributed by atoms with E-state index in [1.165, 1.54) is 26.2 Å². The molecule has 0 radical (unpaired) electrons. The number of benzene rings is 1. The van der Waals surface area contributed by atoms with E-state index >= 15 is 0 Å². The van der Waals surface area contributed by atoms with Crippen LogP contribution in [0.5, 0.6) is 5.75 Å². The van der Waals surface area contributed by atoms with Crippen molar-refractivity contribution in [1.82, 2.24) is 0 Å². The lowest BCUT2D eigenvalue weighted by molar-refractivity contribution is -0.275. The Kier molecular flexibility index (Phi) is 18.9. The number of ether oxygens (including phenoxy) is 2. The van der Waals surface area contributed by atoms with Crippen molar-refractivity contribution in [3.05, 3.63) is 29.8 Å². The van der Waals surface area contributed by atoms with Crippen LogP contribution in [-0.2, 0) is 25.5 Å². The summed E-state index contributed by atoms with van der Waals surface area (Å²) in [6, 6.07) is 6.94. The van der Waals surface area contributed by atoms with Crippen LogP contribution in [0.2, 0.25) is 0 Å². The normalized spacial score (nSPS) is 22.5. The van der Waals surface area contributed by atoms with Crippen LogP contribution in [0.25, 0.3) is 0 Å². The van der Waals surface area contributed by atoms with Crippen LogP contribution in [0.4, 0.5) is 0 Å². The minimum atomic E-state index is -1.52. The minimum absolute atomic E-state index is 0.0102. The lowest BCUT2D eigenvalue weighted by Gasteiger charge is -2.41. The van der Waals surface area contributed by atoms with Crippen LogP contribution in [0.1, 0.15) is 110 Å². The van der Waals surface area contributed by atoms with Crippen molar-refractivity contribution in [3.63, 3.8) is 0 Å². The number of aliphatic hydroxyl groups excluding tert-OH is 3. The molecule has 1 aromatic carbocycles. The number of carboxylic acid groups (broad SMARTS) is 2. The van der Waals surface area contributed by atoms with Gasteiger partial charge >= 0.3 is 11.9 Å². The van der Waals surface area contributed by atoms with Gasteiger partial charge < -0.3 is 39.8 Å². The lowest BCUT2D eigenvalue weighted by Crippen LogP contribution is -2.59. The minimum Gasteiger partial charge on any atom is -0.481 e. The van der Waals surface area contributed by atoms with E-state index in [0.717, 1.165) is 44.1 Å². The third-order valence-corrected chi connectivity index (χ3v) is 7.38. The van der Waals surface area contributed by atoms with E-state index in [4.69, 9.17) is 14.6 Å². The summed E-state index contributed by atoms with van der Waals surface area (Å²) < 4.78 is 11.4. The summed E-state index contributed by atoms with van der Waals surface area (Å²) >= 11 is 0. The standard InChI is InChI=1S/C24H36O8.C8H16O2/c1-3-4-5-6-7-17(23(29)30)14-19-20(26)21(27)22(28)24(32-19)31-18-12-10-16(11-13-18)9-8-15(2)25;1-2-3-4-5-6-7-8(9)10/h10-13,17,19-22,24,26-28H,3-9,14H2,1-2H3,(H,29,30);2-7H2,1H3,(H,9,10)/t17?,19-,20-,21+,22-,24-;/m1./s1. The lowest BCUT2D eigenvalue weighted by atomic mass is 9.89. The van der Waals surface area contributed by atoms with Gasteiger partial charge in [-0.2, -0.15) is 0 Å². The van der Waals surface area contributed by atoms with Crippen LogP contribution in [0, 0.1) is 5.92 Å². The number of unbranched alkanes of at least 4 members (excludes halogenated alkanes) is 7. The molecule has 1 aromatic rings. The van der Waals surface area contributed by atoms with Crippen LogP contribution in [0.15, 0.2) is 24.3 Å². The monoisotopic (exact) mass is 596 g/mol. The number of hydrogen-bond acceptors (Lipinski definition) is 8. The molecule has 1 heterocycles. The Labute approximate surface area is 250 Å². The molecule has 5 N–H and O–H groups in total. The molecule has 1 unspecified atom stereocenters. The fourth-order valence-corrected chi connectivity index (χ4v) is 4.72. The highest BCUT2D eigenvalue weighted by atomic mass is 16.7. The van der Waals surface area contributed by atoms with Crippen molar-refractivity contribution < 1.29 is 49.4 Å². The molecule has 6 atom stereocenters. The van der Waals surface area contributed by atoms with Crippen molar-refractivity contribution in [2.75, 3.05) is 0 Å². The van der Waals surface area contributed by atoms with Gasteiger partial charge in [0.2, 0.25) is 6.29 Å². The van der Waals surface area contributed by atoms with E-state index in [0.29, 0.717) is 31.4 Å². The Morgan fingerprint density at radius 2 is 1.40 bits per heavy atom. The second-order valence-corrected chi connectivity index (χ2v) is 11.2. The van der Waals surface area contributed by atoms with Gasteiger partial charge in [-0.25, -0.2) is 0 Å². The molecule has 0 amide bonds. The molecule has 0 bridgehead atoms. The fraction of sp³-hybridized carbons (Fsp3) is 0.719. The average Bonchev–Trinajstić information content (AvgIpc) is 2.95. The van der Waals surface area contributed by atoms with Crippen molar-refractivity contribution in [1.29, 1.82) is 0 Å². The van der Waals surface area contributed by atoms with Crippen molar-refractivity contribution >= 4 is 17.7 Å². The molecule has 10 nitrogen and oxygen atoms in total. The largest absolute Gasteiger partial charge is 0.481 e. The highest BCUT2D eigenvalue weighted by molar-refractivity contribution is 5.75. The fourth-order valence-electron chi connectivity index (χ4n) is 4.72. The predicted octanol–water partition coefficient (Wildman–Crippen LogP) is 4.89. The van der Waals surface area contributed by atoms with Gasteiger partial charge in [-0.1, -0.05) is 77.3 Å². The van der Waals surface area contributed by atoms with E-state index < -0.39 is 48.6 Å². The maximum atomic E-state index is 11.7. The smallest absolute Gasteiger partial charge is 0.306 e. The Balaban J connectivity index is 0.000000752. The molecule has 0 aliphatic carbocycles. The Morgan fingerprint density at radius 3 is 1.95 bits per heavy atom. The zero-order chi connectivity index (χ0) is 31.5. The van der Waals surface area contributed by atoms with E-state index in [9.17, 15) is 34.8 Å². The first-order chi connectivity index (χ1) is 20.0. The number of aryl methyl sites for hydroxylation is 1. The Hall–Kier alpha value is -2.53. The first-order valence-corrected chi connectivity index (χ1v) is 15.4. The first-order valence-electron chi connectivity index (χ1n) is 15.4. The molecule has 1 aliphatic rings. The number of aliphatic hydroxyl groups is 3. The zero-order valence-corrected chi connectivity index (χ0v) is 25.5. The van der Waals surface area contributed by atoms with Crippen LogP contribution >= 0.6 is 0 Å². The maximum Gasteiger partial charge on any atom is 0.306 e. The van der Waals surface area contributed by atoms with E-state index in [2.05, 4.69) is 13.8 Å². The molecule has 42 heavy (non-hydrogen) atoms. The number of ketones is 1. The number of carboxylic acids is 2.